The van der Waals surface area contributed by atoms with E-state index in [1.165, 1.54) is 0 Å². The number of hydrogen-bond acceptors (Lipinski definition) is 3. The van der Waals surface area contributed by atoms with Crippen LogP contribution in [0.2, 0.25) is 0 Å². The van der Waals surface area contributed by atoms with Gasteiger partial charge >= 0.3 is 0 Å². The van der Waals surface area contributed by atoms with Gasteiger partial charge in [-0.2, -0.15) is 0 Å². The Morgan fingerprint density at radius 2 is 2.27 bits per heavy atom. The van der Waals surface area contributed by atoms with E-state index < -0.39 is 6.17 Å². The lowest BCUT2D eigenvalue weighted by Crippen LogP contribution is -2.43. The molecule has 0 aliphatic carbocycles. The topological polar surface area (TPSA) is 27.3 Å². The van der Waals surface area contributed by atoms with Gasteiger partial charge in [0.2, 0.25) is 0 Å². The van der Waals surface area contributed by atoms with Gasteiger partial charge in [0.1, 0.15) is 6.17 Å². The molecule has 0 aromatic rings. The van der Waals surface area contributed by atoms with E-state index in [9.17, 15) is 4.39 Å². The summed E-state index contributed by atoms with van der Waals surface area (Å²) in [5, 5.41) is 6.38. The second-order valence-corrected chi connectivity index (χ2v) is 4.63. The molecule has 0 saturated carbocycles. The minimum absolute atomic E-state index is 0.333. The molecule has 1 rings (SSSR count). The van der Waals surface area contributed by atoms with Crippen molar-refractivity contribution in [1.29, 1.82) is 0 Å². The predicted molar refractivity (Wildman–Crippen MR) is 61.9 cm³/mol. The molecule has 90 valence electrons. The Labute approximate surface area is 92.4 Å². The quantitative estimate of drug-likeness (QED) is 0.683. The smallest absolute Gasteiger partial charge is 0.114 e. The SMILES string of the molecule is CNCCN(CC1CC(F)CN1)C(C)C. The first-order valence-electron chi connectivity index (χ1n) is 5.89. The average molecular weight is 217 g/mol. The minimum atomic E-state index is -0.645. The summed E-state index contributed by atoms with van der Waals surface area (Å²) >= 11 is 0. The number of nitrogens with zero attached hydrogens (tertiary/aromatic N) is 1. The largest absolute Gasteiger partial charge is 0.318 e. The van der Waals surface area contributed by atoms with Crippen LogP contribution in [0.15, 0.2) is 0 Å². The van der Waals surface area contributed by atoms with Crippen molar-refractivity contribution in [2.45, 2.75) is 38.5 Å². The summed E-state index contributed by atoms with van der Waals surface area (Å²) in [4.78, 5) is 2.40. The molecule has 0 aromatic carbocycles. The van der Waals surface area contributed by atoms with E-state index in [0.29, 0.717) is 25.0 Å². The summed E-state index contributed by atoms with van der Waals surface area (Å²) < 4.78 is 13.0. The van der Waals surface area contributed by atoms with E-state index in [1.807, 2.05) is 7.05 Å². The van der Waals surface area contributed by atoms with Crippen LogP contribution in [0.4, 0.5) is 4.39 Å². The highest BCUT2D eigenvalue weighted by Gasteiger charge is 2.25. The van der Waals surface area contributed by atoms with Crippen molar-refractivity contribution < 1.29 is 4.39 Å². The lowest BCUT2D eigenvalue weighted by Gasteiger charge is -2.29. The van der Waals surface area contributed by atoms with Gasteiger partial charge in [-0.25, -0.2) is 4.39 Å². The average Bonchev–Trinajstić information content (AvgIpc) is 2.58. The first kappa shape index (κ1) is 12.9. The number of likely N-dealkylation sites (N-methyl/N-ethyl adjacent to an activating group) is 1. The molecule has 0 amide bonds. The molecule has 2 N–H and O–H groups in total. The lowest BCUT2D eigenvalue weighted by atomic mass is 10.2. The van der Waals surface area contributed by atoms with Gasteiger partial charge in [0.25, 0.3) is 0 Å². The zero-order chi connectivity index (χ0) is 11.3. The van der Waals surface area contributed by atoms with Gasteiger partial charge in [-0.1, -0.05) is 0 Å². The Balaban J connectivity index is 2.30. The van der Waals surface area contributed by atoms with E-state index in [-0.39, 0.29) is 0 Å². The van der Waals surface area contributed by atoms with Gasteiger partial charge in [-0.3, -0.25) is 4.90 Å². The Hall–Kier alpha value is -0.190. The highest BCUT2D eigenvalue weighted by atomic mass is 19.1. The van der Waals surface area contributed by atoms with Crippen LogP contribution in [-0.4, -0.2) is 56.4 Å². The van der Waals surface area contributed by atoms with Crippen molar-refractivity contribution in [3.8, 4) is 0 Å². The molecule has 4 heteroatoms. The number of alkyl halides is 1. The summed E-state index contributed by atoms with van der Waals surface area (Å²) in [6, 6.07) is 0.859. The molecule has 3 nitrogen and oxygen atoms in total. The van der Waals surface area contributed by atoms with E-state index in [0.717, 1.165) is 19.6 Å². The minimum Gasteiger partial charge on any atom is -0.318 e. The molecule has 2 unspecified atom stereocenters. The van der Waals surface area contributed by atoms with Crippen molar-refractivity contribution in [2.75, 3.05) is 33.2 Å². The molecule has 1 aliphatic heterocycles. The molecule has 0 spiro atoms. The van der Waals surface area contributed by atoms with Gasteiger partial charge < -0.3 is 10.6 Å². The van der Waals surface area contributed by atoms with Crippen LogP contribution >= 0.6 is 0 Å². The van der Waals surface area contributed by atoms with E-state index in [2.05, 4.69) is 29.4 Å². The Morgan fingerprint density at radius 3 is 2.73 bits per heavy atom. The molecule has 0 aromatic heterocycles. The van der Waals surface area contributed by atoms with Crippen molar-refractivity contribution in [1.82, 2.24) is 15.5 Å². The van der Waals surface area contributed by atoms with Crippen LogP contribution in [0.3, 0.4) is 0 Å². The van der Waals surface area contributed by atoms with Crippen molar-refractivity contribution >= 4 is 0 Å². The molecule has 1 heterocycles. The Morgan fingerprint density at radius 1 is 1.53 bits per heavy atom. The van der Waals surface area contributed by atoms with Crippen LogP contribution in [0.1, 0.15) is 20.3 Å². The van der Waals surface area contributed by atoms with E-state index in [1.54, 1.807) is 0 Å². The van der Waals surface area contributed by atoms with E-state index >= 15 is 0 Å². The third-order valence-corrected chi connectivity index (χ3v) is 3.00. The highest BCUT2D eigenvalue weighted by molar-refractivity contribution is 4.84. The monoisotopic (exact) mass is 217 g/mol. The molecular formula is C11H24FN3. The van der Waals surface area contributed by atoms with Crippen molar-refractivity contribution in [3.63, 3.8) is 0 Å². The van der Waals surface area contributed by atoms with Gasteiger partial charge in [-0.15, -0.1) is 0 Å². The molecule has 0 radical (unpaired) electrons. The van der Waals surface area contributed by atoms with Crippen LogP contribution in [0.5, 0.6) is 0 Å². The number of hydrogen-bond donors (Lipinski definition) is 2. The van der Waals surface area contributed by atoms with Gasteiger partial charge in [0.05, 0.1) is 0 Å². The molecule has 2 atom stereocenters. The Kier molecular flexibility index (Phi) is 5.50. The third kappa shape index (κ3) is 4.45. The normalized spacial score (nSPS) is 26.8. The molecule has 1 fully saturated rings. The van der Waals surface area contributed by atoms with Gasteiger partial charge in [0, 0.05) is 38.3 Å². The maximum atomic E-state index is 13.0. The van der Waals surface area contributed by atoms with Crippen LogP contribution in [-0.2, 0) is 0 Å². The Bertz CT molecular complexity index is 175. The summed E-state index contributed by atoms with van der Waals surface area (Å²) in [7, 11) is 1.96. The molecule has 1 saturated heterocycles. The maximum Gasteiger partial charge on any atom is 0.114 e. The molecular weight excluding hydrogens is 193 g/mol. The van der Waals surface area contributed by atoms with Crippen LogP contribution in [0.25, 0.3) is 0 Å². The van der Waals surface area contributed by atoms with Gasteiger partial charge in [-0.05, 0) is 27.3 Å². The first-order chi connectivity index (χ1) is 7.13. The summed E-state index contributed by atoms with van der Waals surface area (Å²) in [6.07, 6.45) is 0.0243. The number of nitrogens with one attached hydrogen (secondary N) is 2. The molecule has 1 aliphatic rings. The zero-order valence-electron chi connectivity index (χ0n) is 10.1. The number of rotatable bonds is 6. The van der Waals surface area contributed by atoms with Crippen molar-refractivity contribution in [3.05, 3.63) is 0 Å². The van der Waals surface area contributed by atoms with Crippen LogP contribution < -0.4 is 10.6 Å². The first-order valence-corrected chi connectivity index (χ1v) is 5.89. The van der Waals surface area contributed by atoms with E-state index in [4.69, 9.17) is 0 Å². The highest BCUT2D eigenvalue weighted by Crippen LogP contribution is 2.12. The fourth-order valence-electron chi connectivity index (χ4n) is 2.01. The summed E-state index contributed by atoms with van der Waals surface area (Å²) in [5.74, 6) is 0. The standard InChI is InChI=1S/C11H24FN3/c1-9(2)15(5-4-13-3)8-11-6-10(12)7-14-11/h9-11,13-14H,4-8H2,1-3H3. The second-order valence-electron chi connectivity index (χ2n) is 4.63. The fourth-order valence-corrected chi connectivity index (χ4v) is 2.01. The third-order valence-electron chi connectivity index (χ3n) is 3.00. The molecule has 15 heavy (non-hydrogen) atoms. The number of halogens is 1. The molecule has 0 bridgehead atoms. The summed E-state index contributed by atoms with van der Waals surface area (Å²) in [5.41, 5.74) is 0. The second kappa shape index (κ2) is 6.40. The maximum absolute atomic E-state index is 13.0. The predicted octanol–water partition coefficient (Wildman–Crippen LogP) is 0.616. The van der Waals surface area contributed by atoms with Crippen LogP contribution in [0, 0.1) is 0 Å². The fraction of sp³-hybridized carbons (Fsp3) is 1.00. The lowest BCUT2D eigenvalue weighted by molar-refractivity contribution is 0.202. The van der Waals surface area contributed by atoms with Gasteiger partial charge in [0.15, 0.2) is 0 Å². The zero-order valence-corrected chi connectivity index (χ0v) is 10.1. The van der Waals surface area contributed by atoms with Crippen molar-refractivity contribution in [2.24, 2.45) is 0 Å². The summed E-state index contributed by atoms with van der Waals surface area (Å²) in [6.45, 7) is 7.89.